The SMILES string of the molecule is COc1cccc(C(CNC(=O)c2cc3ccccc3oc2=O)c2c[nH]c3ccccc23)c1OC. The molecule has 5 aromatic rings. The van der Waals surface area contributed by atoms with Gasteiger partial charge in [-0.3, -0.25) is 4.79 Å². The molecule has 0 saturated carbocycles. The van der Waals surface area contributed by atoms with Gasteiger partial charge in [0.05, 0.1) is 14.2 Å². The Morgan fingerprint density at radius 1 is 0.971 bits per heavy atom. The highest BCUT2D eigenvalue weighted by molar-refractivity contribution is 5.96. The lowest BCUT2D eigenvalue weighted by Crippen LogP contribution is -2.32. The topological polar surface area (TPSA) is 93.6 Å². The number of aromatic nitrogens is 1. The first-order valence-electron chi connectivity index (χ1n) is 11.2. The fourth-order valence-electron chi connectivity index (χ4n) is 4.47. The second-order valence-corrected chi connectivity index (χ2v) is 8.12. The van der Waals surface area contributed by atoms with Crippen LogP contribution in [0.25, 0.3) is 21.9 Å². The van der Waals surface area contributed by atoms with Crippen LogP contribution in [0.3, 0.4) is 0 Å². The number of H-pyrrole nitrogens is 1. The highest BCUT2D eigenvalue weighted by Gasteiger charge is 2.25. The lowest BCUT2D eigenvalue weighted by molar-refractivity contribution is 0.0949. The van der Waals surface area contributed by atoms with Crippen molar-refractivity contribution in [3.05, 3.63) is 106 Å². The number of hydrogen-bond acceptors (Lipinski definition) is 5. The number of benzene rings is 3. The van der Waals surface area contributed by atoms with E-state index in [-0.39, 0.29) is 18.0 Å². The lowest BCUT2D eigenvalue weighted by atomic mass is 9.89. The first-order valence-corrected chi connectivity index (χ1v) is 11.2. The number of methoxy groups -OCH3 is 2. The van der Waals surface area contributed by atoms with E-state index < -0.39 is 11.5 Å². The van der Waals surface area contributed by atoms with Gasteiger partial charge in [0.25, 0.3) is 5.91 Å². The Kier molecular flexibility index (Phi) is 5.97. The molecule has 0 aliphatic carbocycles. The molecular weight excluding hydrogens is 444 g/mol. The third-order valence-electron chi connectivity index (χ3n) is 6.16. The lowest BCUT2D eigenvalue weighted by Gasteiger charge is -2.22. The Bertz CT molecular complexity index is 1580. The molecule has 2 N–H and O–H groups in total. The molecule has 1 unspecified atom stereocenters. The van der Waals surface area contributed by atoms with Gasteiger partial charge in [0.2, 0.25) is 0 Å². The molecular formula is C28H24N2O5. The summed E-state index contributed by atoms with van der Waals surface area (Å²) in [4.78, 5) is 28.9. The maximum atomic E-state index is 13.1. The van der Waals surface area contributed by atoms with Crippen molar-refractivity contribution in [1.29, 1.82) is 0 Å². The van der Waals surface area contributed by atoms with Gasteiger partial charge in [-0.15, -0.1) is 0 Å². The molecule has 3 aromatic carbocycles. The third kappa shape index (κ3) is 4.12. The monoisotopic (exact) mass is 468 g/mol. The number of carbonyl (C=O) groups is 1. The van der Waals surface area contributed by atoms with Crippen LogP contribution >= 0.6 is 0 Å². The molecule has 5 rings (SSSR count). The molecule has 0 aliphatic heterocycles. The van der Waals surface area contributed by atoms with Gasteiger partial charge in [0.1, 0.15) is 11.1 Å². The summed E-state index contributed by atoms with van der Waals surface area (Å²) in [6.45, 7) is 0.219. The highest BCUT2D eigenvalue weighted by atomic mass is 16.5. The summed E-state index contributed by atoms with van der Waals surface area (Å²) < 4.78 is 16.6. The minimum absolute atomic E-state index is 0.0426. The molecule has 0 aliphatic rings. The molecule has 0 saturated heterocycles. The smallest absolute Gasteiger partial charge is 0.349 e. The summed E-state index contributed by atoms with van der Waals surface area (Å²) in [5, 5.41) is 4.65. The molecule has 2 aromatic heterocycles. The van der Waals surface area contributed by atoms with Gasteiger partial charge in [0.15, 0.2) is 11.5 Å². The molecule has 0 fully saturated rings. The zero-order valence-electron chi connectivity index (χ0n) is 19.3. The van der Waals surface area contributed by atoms with Crippen LogP contribution in [0.5, 0.6) is 11.5 Å². The maximum absolute atomic E-state index is 13.1. The largest absolute Gasteiger partial charge is 0.493 e. The van der Waals surface area contributed by atoms with Gasteiger partial charge >= 0.3 is 5.63 Å². The van der Waals surface area contributed by atoms with Crippen molar-refractivity contribution < 1.29 is 18.7 Å². The number of nitrogens with one attached hydrogen (secondary N) is 2. The van der Waals surface area contributed by atoms with Crippen LogP contribution in [0.4, 0.5) is 0 Å². The molecule has 176 valence electrons. The van der Waals surface area contributed by atoms with E-state index >= 15 is 0 Å². The van der Waals surface area contributed by atoms with Crippen molar-refractivity contribution in [3.63, 3.8) is 0 Å². The Hall–Kier alpha value is -4.52. The second-order valence-electron chi connectivity index (χ2n) is 8.12. The van der Waals surface area contributed by atoms with Gasteiger partial charge in [-0.05, 0) is 29.8 Å². The summed E-state index contributed by atoms with van der Waals surface area (Å²) in [5.74, 6) is 0.393. The second kappa shape index (κ2) is 9.38. The fourth-order valence-corrected chi connectivity index (χ4v) is 4.47. The van der Waals surface area contributed by atoms with Crippen LogP contribution in [0.2, 0.25) is 0 Å². The Morgan fingerprint density at radius 3 is 2.60 bits per heavy atom. The number of amides is 1. The molecule has 7 nitrogen and oxygen atoms in total. The van der Waals surface area contributed by atoms with Crippen LogP contribution in [-0.2, 0) is 0 Å². The number of hydrogen-bond donors (Lipinski definition) is 2. The van der Waals surface area contributed by atoms with Crippen LogP contribution < -0.4 is 20.4 Å². The van der Waals surface area contributed by atoms with Crippen molar-refractivity contribution in [1.82, 2.24) is 10.3 Å². The van der Waals surface area contributed by atoms with Gasteiger partial charge in [-0.25, -0.2) is 4.79 Å². The van der Waals surface area contributed by atoms with E-state index in [0.717, 1.165) is 22.0 Å². The average Bonchev–Trinajstić information content (AvgIpc) is 3.32. The van der Waals surface area contributed by atoms with Crippen LogP contribution in [0.1, 0.15) is 27.4 Å². The first-order chi connectivity index (χ1) is 17.1. The number of rotatable bonds is 7. The van der Waals surface area contributed by atoms with Crippen molar-refractivity contribution in [2.24, 2.45) is 0 Å². The number of para-hydroxylation sites is 3. The summed E-state index contributed by atoms with van der Waals surface area (Å²) in [6.07, 6.45) is 1.94. The molecule has 1 amide bonds. The Balaban J connectivity index is 1.54. The van der Waals surface area contributed by atoms with Crippen molar-refractivity contribution in [3.8, 4) is 11.5 Å². The summed E-state index contributed by atoms with van der Waals surface area (Å²) in [7, 11) is 3.18. The average molecular weight is 469 g/mol. The molecule has 7 heteroatoms. The standard InChI is InChI=1S/C28H24N2O5/c1-33-25-13-7-10-19(26(25)34-2)22(21-15-29-23-11-5-4-9-18(21)23)16-30-27(31)20-14-17-8-3-6-12-24(17)35-28(20)32/h3-15,22,29H,16H2,1-2H3,(H,30,31). The van der Waals surface area contributed by atoms with Gasteiger partial charge in [-0.2, -0.15) is 0 Å². The van der Waals surface area contributed by atoms with Gasteiger partial charge in [0, 0.05) is 40.5 Å². The van der Waals surface area contributed by atoms with Crippen molar-refractivity contribution in [2.75, 3.05) is 20.8 Å². The Morgan fingerprint density at radius 2 is 1.77 bits per heavy atom. The molecule has 0 radical (unpaired) electrons. The highest BCUT2D eigenvalue weighted by Crippen LogP contribution is 2.40. The van der Waals surface area contributed by atoms with Crippen molar-refractivity contribution in [2.45, 2.75) is 5.92 Å². The van der Waals surface area contributed by atoms with E-state index in [9.17, 15) is 9.59 Å². The molecule has 0 spiro atoms. The molecule has 35 heavy (non-hydrogen) atoms. The predicted molar refractivity (Wildman–Crippen MR) is 135 cm³/mol. The fraction of sp³-hybridized carbons (Fsp3) is 0.143. The normalized spacial score (nSPS) is 11.9. The van der Waals surface area contributed by atoms with Crippen molar-refractivity contribution >= 4 is 27.8 Å². The van der Waals surface area contributed by atoms with Gasteiger partial charge in [-0.1, -0.05) is 48.5 Å². The number of fused-ring (bicyclic) bond motifs is 2. The van der Waals surface area contributed by atoms with E-state index in [1.54, 1.807) is 38.5 Å². The van der Waals surface area contributed by atoms with E-state index in [2.05, 4.69) is 10.3 Å². The quantitative estimate of drug-likeness (QED) is 0.333. The summed E-state index contributed by atoms with van der Waals surface area (Å²) in [6, 6.07) is 22.3. The van der Waals surface area contributed by atoms with Crippen LogP contribution in [-0.4, -0.2) is 31.7 Å². The summed E-state index contributed by atoms with van der Waals surface area (Å²) >= 11 is 0. The molecule has 1 atom stereocenters. The van der Waals surface area contributed by atoms with Crippen LogP contribution in [0, 0.1) is 0 Å². The Labute approximate surface area is 201 Å². The minimum atomic E-state index is -0.677. The predicted octanol–water partition coefficient (Wildman–Crippen LogP) is 4.85. The van der Waals surface area contributed by atoms with E-state index in [0.29, 0.717) is 22.5 Å². The minimum Gasteiger partial charge on any atom is -0.493 e. The van der Waals surface area contributed by atoms with Crippen LogP contribution in [0.15, 0.2) is 88.2 Å². The van der Waals surface area contributed by atoms with Gasteiger partial charge < -0.3 is 24.2 Å². The number of ether oxygens (including phenoxy) is 2. The molecule has 0 bridgehead atoms. The third-order valence-corrected chi connectivity index (χ3v) is 6.16. The molecule has 2 heterocycles. The van der Waals surface area contributed by atoms with E-state index in [1.165, 1.54) is 0 Å². The summed E-state index contributed by atoms with van der Waals surface area (Å²) in [5.41, 5.74) is 2.53. The zero-order chi connectivity index (χ0) is 24.4. The number of carbonyl (C=O) groups excluding carboxylic acids is 1. The first kappa shape index (κ1) is 22.3. The number of aromatic amines is 1. The maximum Gasteiger partial charge on any atom is 0.349 e. The van der Waals surface area contributed by atoms with E-state index in [1.807, 2.05) is 54.7 Å². The van der Waals surface area contributed by atoms with E-state index in [4.69, 9.17) is 13.9 Å². The zero-order valence-corrected chi connectivity index (χ0v) is 19.3.